The summed E-state index contributed by atoms with van der Waals surface area (Å²) >= 11 is 5.80. The number of ether oxygens (including phenoxy) is 2. The molecule has 0 radical (unpaired) electrons. The maximum atomic E-state index is 11.7. The number of carbonyl (C=O) groups excluding carboxylic acids is 3. The Morgan fingerprint density at radius 3 is 2.41 bits per heavy atom. The molecule has 7 nitrogen and oxygen atoms in total. The lowest BCUT2D eigenvalue weighted by Crippen LogP contribution is -2.31. The number of halogens is 1. The fraction of sp³-hybridized carbons (Fsp3) is 0.211. The summed E-state index contributed by atoms with van der Waals surface area (Å²) in [6.07, 6.45) is 0.629. The molecule has 2 aromatic carbocycles. The van der Waals surface area contributed by atoms with Gasteiger partial charge in [0.05, 0.1) is 5.56 Å². The third-order valence-corrected chi connectivity index (χ3v) is 3.76. The highest BCUT2D eigenvalue weighted by Crippen LogP contribution is 2.17. The minimum Gasteiger partial charge on any atom is -0.481 e. The predicted octanol–water partition coefficient (Wildman–Crippen LogP) is 1.72. The van der Waals surface area contributed by atoms with Gasteiger partial charge in [-0.1, -0.05) is 35.9 Å². The van der Waals surface area contributed by atoms with E-state index in [0.717, 1.165) is 5.56 Å². The molecule has 3 N–H and O–H groups in total. The van der Waals surface area contributed by atoms with E-state index < -0.39 is 31.0 Å². The van der Waals surface area contributed by atoms with Crippen LogP contribution in [0.3, 0.4) is 0 Å². The lowest BCUT2D eigenvalue weighted by atomic mass is 10.1. The van der Waals surface area contributed by atoms with Crippen LogP contribution in [0.15, 0.2) is 48.5 Å². The molecule has 0 saturated heterocycles. The molecular weight excluding hydrogens is 372 g/mol. The van der Waals surface area contributed by atoms with Crippen molar-refractivity contribution >= 4 is 29.4 Å². The second-order valence-electron chi connectivity index (χ2n) is 5.54. The van der Waals surface area contributed by atoms with Gasteiger partial charge in [-0.3, -0.25) is 9.59 Å². The van der Waals surface area contributed by atoms with Gasteiger partial charge >= 0.3 is 5.97 Å². The number of hydrogen-bond acceptors (Lipinski definition) is 5. The molecule has 0 spiro atoms. The molecule has 0 fully saturated rings. The monoisotopic (exact) mass is 390 g/mol. The third-order valence-electron chi connectivity index (χ3n) is 3.51. The summed E-state index contributed by atoms with van der Waals surface area (Å²) < 4.78 is 10.1. The van der Waals surface area contributed by atoms with Crippen LogP contribution in [0, 0.1) is 0 Å². The van der Waals surface area contributed by atoms with E-state index in [-0.39, 0.29) is 11.3 Å². The normalized spacial score (nSPS) is 10.1. The van der Waals surface area contributed by atoms with Crippen LogP contribution in [0.1, 0.15) is 15.9 Å². The van der Waals surface area contributed by atoms with Gasteiger partial charge in [0.15, 0.2) is 13.2 Å². The standard InChI is InChI=1S/C19H19ClN2O5/c20-14-7-5-13(6-8-14)9-10-22-17(23)11-27-18(24)12-26-16-4-2-1-3-15(16)19(21)25/h1-8H,9-12H2,(H2,21,25)(H,22,23). The number of carbonyl (C=O) groups is 3. The zero-order valence-electron chi connectivity index (χ0n) is 14.4. The zero-order valence-corrected chi connectivity index (χ0v) is 15.2. The Bertz CT molecular complexity index is 808. The molecule has 0 aliphatic rings. The van der Waals surface area contributed by atoms with Gasteiger partial charge in [-0.15, -0.1) is 0 Å². The number of nitrogens with two attached hydrogens (primary N) is 1. The highest BCUT2D eigenvalue weighted by Gasteiger charge is 2.12. The van der Waals surface area contributed by atoms with E-state index in [1.165, 1.54) is 12.1 Å². The van der Waals surface area contributed by atoms with Gasteiger partial charge in [0.2, 0.25) is 0 Å². The molecule has 2 amide bonds. The SMILES string of the molecule is NC(=O)c1ccccc1OCC(=O)OCC(=O)NCCc1ccc(Cl)cc1. The van der Waals surface area contributed by atoms with Crippen molar-refractivity contribution < 1.29 is 23.9 Å². The van der Waals surface area contributed by atoms with E-state index in [2.05, 4.69) is 5.32 Å². The van der Waals surface area contributed by atoms with Crippen LogP contribution >= 0.6 is 11.6 Å². The molecule has 0 unspecified atom stereocenters. The second kappa shape index (κ2) is 10.2. The lowest BCUT2D eigenvalue weighted by Gasteiger charge is -2.09. The molecule has 0 heterocycles. The van der Waals surface area contributed by atoms with E-state index >= 15 is 0 Å². The number of benzene rings is 2. The van der Waals surface area contributed by atoms with Gasteiger partial charge in [-0.2, -0.15) is 0 Å². The highest BCUT2D eigenvalue weighted by atomic mass is 35.5. The zero-order chi connectivity index (χ0) is 19.6. The molecule has 8 heteroatoms. The van der Waals surface area contributed by atoms with Gasteiger partial charge in [-0.05, 0) is 36.2 Å². The quantitative estimate of drug-likeness (QED) is 0.634. The molecule has 0 bridgehead atoms. The van der Waals surface area contributed by atoms with Crippen LogP contribution in [0.4, 0.5) is 0 Å². The first-order valence-corrected chi connectivity index (χ1v) is 8.52. The van der Waals surface area contributed by atoms with Crippen molar-refractivity contribution in [2.45, 2.75) is 6.42 Å². The van der Waals surface area contributed by atoms with Crippen molar-refractivity contribution in [1.29, 1.82) is 0 Å². The molecule has 0 atom stereocenters. The molecular formula is C19H19ClN2O5. The number of nitrogens with one attached hydrogen (secondary N) is 1. The fourth-order valence-electron chi connectivity index (χ4n) is 2.17. The summed E-state index contributed by atoms with van der Waals surface area (Å²) in [4.78, 5) is 34.6. The van der Waals surface area contributed by atoms with Crippen molar-refractivity contribution in [2.24, 2.45) is 5.73 Å². The third kappa shape index (κ3) is 6.99. The molecule has 0 aliphatic carbocycles. The van der Waals surface area contributed by atoms with Crippen LogP contribution in [0.2, 0.25) is 5.02 Å². The topological polar surface area (TPSA) is 108 Å². The predicted molar refractivity (Wildman–Crippen MR) is 99.6 cm³/mol. The van der Waals surface area contributed by atoms with Crippen molar-refractivity contribution in [3.05, 3.63) is 64.7 Å². The summed E-state index contributed by atoms with van der Waals surface area (Å²) in [5.74, 6) is -1.65. The summed E-state index contributed by atoms with van der Waals surface area (Å²) in [7, 11) is 0. The van der Waals surface area contributed by atoms with Crippen LogP contribution in [-0.2, 0) is 20.7 Å². The van der Waals surface area contributed by atoms with Crippen LogP contribution in [-0.4, -0.2) is 37.5 Å². The Balaban J connectivity index is 1.67. The van der Waals surface area contributed by atoms with E-state index in [0.29, 0.717) is 18.0 Å². The first-order chi connectivity index (χ1) is 13.0. The maximum Gasteiger partial charge on any atom is 0.344 e. The van der Waals surface area contributed by atoms with Gasteiger partial charge < -0.3 is 20.5 Å². The Labute approximate surface area is 161 Å². The number of primary amides is 1. The maximum absolute atomic E-state index is 11.7. The number of hydrogen-bond donors (Lipinski definition) is 2. The average Bonchev–Trinajstić information content (AvgIpc) is 2.66. The molecule has 2 rings (SSSR count). The van der Waals surface area contributed by atoms with Crippen LogP contribution in [0.5, 0.6) is 5.75 Å². The van der Waals surface area contributed by atoms with E-state index in [9.17, 15) is 14.4 Å². The molecule has 27 heavy (non-hydrogen) atoms. The van der Waals surface area contributed by atoms with E-state index in [4.69, 9.17) is 26.8 Å². The van der Waals surface area contributed by atoms with Crippen LogP contribution < -0.4 is 15.8 Å². The number of para-hydroxylation sites is 1. The summed E-state index contributed by atoms with van der Waals surface area (Å²) in [6, 6.07) is 13.5. The van der Waals surface area contributed by atoms with Crippen LogP contribution in [0.25, 0.3) is 0 Å². The Morgan fingerprint density at radius 1 is 1.00 bits per heavy atom. The van der Waals surface area contributed by atoms with Crippen molar-refractivity contribution in [1.82, 2.24) is 5.32 Å². The summed E-state index contributed by atoms with van der Waals surface area (Å²) in [5.41, 5.74) is 6.40. The number of amides is 2. The van der Waals surface area contributed by atoms with Crippen molar-refractivity contribution in [3.63, 3.8) is 0 Å². The second-order valence-corrected chi connectivity index (χ2v) is 5.97. The molecule has 2 aromatic rings. The number of esters is 1. The molecule has 0 aromatic heterocycles. The molecule has 0 saturated carbocycles. The van der Waals surface area contributed by atoms with Gasteiger partial charge in [0.25, 0.3) is 11.8 Å². The van der Waals surface area contributed by atoms with Gasteiger partial charge in [0, 0.05) is 11.6 Å². The lowest BCUT2D eigenvalue weighted by molar-refractivity contribution is -0.150. The summed E-state index contributed by atoms with van der Waals surface area (Å²) in [6.45, 7) is -0.455. The average molecular weight is 391 g/mol. The molecule has 142 valence electrons. The smallest absolute Gasteiger partial charge is 0.344 e. The van der Waals surface area contributed by atoms with Crippen molar-refractivity contribution in [2.75, 3.05) is 19.8 Å². The Morgan fingerprint density at radius 2 is 1.70 bits per heavy atom. The Hall–Kier alpha value is -3.06. The largest absolute Gasteiger partial charge is 0.481 e. The van der Waals surface area contributed by atoms with E-state index in [1.807, 2.05) is 12.1 Å². The minimum absolute atomic E-state index is 0.158. The van der Waals surface area contributed by atoms with Crippen molar-refractivity contribution in [3.8, 4) is 5.75 Å². The van der Waals surface area contributed by atoms with Gasteiger partial charge in [-0.25, -0.2) is 4.79 Å². The van der Waals surface area contributed by atoms with Gasteiger partial charge in [0.1, 0.15) is 5.75 Å². The number of rotatable bonds is 9. The minimum atomic E-state index is -0.734. The fourth-order valence-corrected chi connectivity index (χ4v) is 2.29. The summed E-state index contributed by atoms with van der Waals surface area (Å²) in [5, 5.41) is 3.30. The van der Waals surface area contributed by atoms with E-state index in [1.54, 1.807) is 24.3 Å². The Kier molecular flexibility index (Phi) is 7.63. The first-order valence-electron chi connectivity index (χ1n) is 8.14. The highest BCUT2D eigenvalue weighted by molar-refractivity contribution is 6.30. The first kappa shape index (κ1) is 20.3. The molecule has 0 aliphatic heterocycles.